The number of amides is 1. The van der Waals surface area contributed by atoms with Gasteiger partial charge in [-0.2, -0.15) is 0 Å². The molecule has 8 heteroatoms. The summed E-state index contributed by atoms with van der Waals surface area (Å²) in [6.07, 6.45) is 0. The van der Waals surface area contributed by atoms with Gasteiger partial charge in [0.25, 0.3) is 11.6 Å². The standard InChI is InChI=1S/C12H7Br2N3O3/c13-8-5-4-7(17(19)20)6-10(8)16-12(18)9-2-1-3-11(14)15-9/h1-6H,(H,16,18). The SMILES string of the molecule is O=C(Nc1cc([N+](=O)[O-])ccc1Br)c1cccc(Br)n1. The number of hydrogen-bond acceptors (Lipinski definition) is 4. The Balaban J connectivity index is 2.27. The zero-order valence-corrected chi connectivity index (χ0v) is 13.0. The van der Waals surface area contributed by atoms with Crippen molar-refractivity contribution in [2.24, 2.45) is 0 Å². The number of nitrogens with zero attached hydrogens (tertiary/aromatic N) is 2. The van der Waals surface area contributed by atoms with Gasteiger partial charge in [-0.25, -0.2) is 4.98 Å². The Labute approximate surface area is 130 Å². The molecule has 1 heterocycles. The lowest BCUT2D eigenvalue weighted by atomic mass is 10.2. The first-order valence-electron chi connectivity index (χ1n) is 5.35. The number of nitro groups is 1. The second-order valence-corrected chi connectivity index (χ2v) is 5.39. The van der Waals surface area contributed by atoms with Gasteiger partial charge < -0.3 is 5.32 Å². The van der Waals surface area contributed by atoms with Crippen molar-refractivity contribution in [2.45, 2.75) is 0 Å². The van der Waals surface area contributed by atoms with E-state index in [9.17, 15) is 14.9 Å². The number of carbonyl (C=O) groups is 1. The van der Waals surface area contributed by atoms with Gasteiger partial charge in [0.1, 0.15) is 10.3 Å². The van der Waals surface area contributed by atoms with Gasteiger partial charge in [-0.15, -0.1) is 0 Å². The van der Waals surface area contributed by atoms with Gasteiger partial charge in [-0.05, 0) is 50.1 Å². The van der Waals surface area contributed by atoms with Crippen LogP contribution in [-0.2, 0) is 0 Å². The summed E-state index contributed by atoms with van der Waals surface area (Å²) in [5.41, 5.74) is 0.412. The van der Waals surface area contributed by atoms with Crippen LogP contribution in [-0.4, -0.2) is 15.8 Å². The molecule has 0 saturated carbocycles. The average molecular weight is 401 g/mol. The molecule has 0 bridgehead atoms. The molecule has 0 radical (unpaired) electrons. The van der Waals surface area contributed by atoms with Crippen molar-refractivity contribution in [3.8, 4) is 0 Å². The van der Waals surface area contributed by atoms with Crippen molar-refractivity contribution in [2.75, 3.05) is 5.32 Å². The third kappa shape index (κ3) is 3.40. The molecule has 1 aromatic heterocycles. The second-order valence-electron chi connectivity index (χ2n) is 3.72. The number of rotatable bonds is 3. The van der Waals surface area contributed by atoms with E-state index in [0.29, 0.717) is 14.8 Å². The summed E-state index contributed by atoms with van der Waals surface area (Å²) in [5, 5.41) is 13.3. The van der Waals surface area contributed by atoms with E-state index < -0.39 is 10.8 Å². The minimum Gasteiger partial charge on any atom is -0.319 e. The molecule has 0 saturated heterocycles. The maximum Gasteiger partial charge on any atom is 0.274 e. The average Bonchev–Trinajstić information content (AvgIpc) is 2.41. The van der Waals surface area contributed by atoms with E-state index in [0.717, 1.165) is 0 Å². The van der Waals surface area contributed by atoms with Crippen molar-refractivity contribution >= 4 is 49.1 Å². The molecule has 1 aromatic carbocycles. The number of nitro benzene ring substituents is 1. The largest absolute Gasteiger partial charge is 0.319 e. The maximum absolute atomic E-state index is 12.0. The zero-order chi connectivity index (χ0) is 14.7. The Hall–Kier alpha value is -1.80. The molecule has 0 aliphatic rings. The topological polar surface area (TPSA) is 85.1 Å². The summed E-state index contributed by atoms with van der Waals surface area (Å²) in [7, 11) is 0. The van der Waals surface area contributed by atoms with E-state index in [1.165, 1.54) is 18.2 Å². The first-order valence-corrected chi connectivity index (χ1v) is 6.94. The fourth-order valence-corrected chi connectivity index (χ4v) is 2.13. The van der Waals surface area contributed by atoms with Crippen molar-refractivity contribution in [1.82, 2.24) is 4.98 Å². The Morgan fingerprint density at radius 1 is 1.25 bits per heavy atom. The number of pyridine rings is 1. The molecule has 0 aliphatic carbocycles. The number of hydrogen-bond donors (Lipinski definition) is 1. The van der Waals surface area contributed by atoms with Crippen LogP contribution in [0.2, 0.25) is 0 Å². The van der Waals surface area contributed by atoms with Crippen LogP contribution in [0, 0.1) is 10.1 Å². The van der Waals surface area contributed by atoms with Gasteiger partial charge in [0.15, 0.2) is 0 Å². The Bertz CT molecular complexity index is 691. The lowest BCUT2D eigenvalue weighted by molar-refractivity contribution is -0.384. The molecule has 6 nitrogen and oxygen atoms in total. The predicted molar refractivity (Wildman–Crippen MR) is 80.7 cm³/mol. The minimum absolute atomic E-state index is 0.106. The fourth-order valence-electron chi connectivity index (χ4n) is 1.44. The molecule has 0 atom stereocenters. The monoisotopic (exact) mass is 399 g/mol. The lowest BCUT2D eigenvalue weighted by Gasteiger charge is -2.07. The number of halogens is 2. The van der Waals surface area contributed by atoms with Crippen molar-refractivity contribution in [3.63, 3.8) is 0 Å². The molecule has 102 valence electrons. The van der Waals surface area contributed by atoms with Crippen LogP contribution in [0.5, 0.6) is 0 Å². The van der Waals surface area contributed by atoms with Crippen LogP contribution >= 0.6 is 31.9 Å². The van der Waals surface area contributed by atoms with E-state index in [1.54, 1.807) is 18.2 Å². The van der Waals surface area contributed by atoms with Crippen molar-refractivity contribution in [3.05, 3.63) is 61.3 Å². The fraction of sp³-hybridized carbons (Fsp3) is 0. The van der Waals surface area contributed by atoms with Crippen LogP contribution in [0.1, 0.15) is 10.5 Å². The molecule has 20 heavy (non-hydrogen) atoms. The van der Waals surface area contributed by atoms with Crippen molar-refractivity contribution in [1.29, 1.82) is 0 Å². The molecular formula is C12H7Br2N3O3. The van der Waals surface area contributed by atoms with Gasteiger partial charge in [-0.3, -0.25) is 14.9 Å². The molecule has 1 N–H and O–H groups in total. The van der Waals surface area contributed by atoms with Gasteiger partial charge >= 0.3 is 0 Å². The Morgan fingerprint density at radius 3 is 2.65 bits per heavy atom. The lowest BCUT2D eigenvalue weighted by Crippen LogP contribution is -2.14. The molecule has 2 aromatic rings. The quantitative estimate of drug-likeness (QED) is 0.482. The summed E-state index contributed by atoms with van der Waals surface area (Å²) in [6.45, 7) is 0. The normalized spacial score (nSPS) is 10.1. The zero-order valence-electron chi connectivity index (χ0n) is 9.84. The van der Waals surface area contributed by atoms with Crippen LogP contribution < -0.4 is 5.32 Å². The van der Waals surface area contributed by atoms with E-state index in [1.807, 2.05) is 0 Å². The smallest absolute Gasteiger partial charge is 0.274 e. The number of nitrogens with one attached hydrogen (secondary N) is 1. The minimum atomic E-state index is -0.528. The highest BCUT2D eigenvalue weighted by molar-refractivity contribution is 9.10. The number of non-ortho nitro benzene ring substituents is 1. The van der Waals surface area contributed by atoms with E-state index in [4.69, 9.17) is 0 Å². The molecule has 0 spiro atoms. The molecule has 0 unspecified atom stereocenters. The first-order chi connectivity index (χ1) is 9.47. The van der Waals surface area contributed by atoms with E-state index >= 15 is 0 Å². The summed E-state index contributed by atoms with van der Waals surface area (Å²) in [5.74, 6) is -0.451. The number of anilines is 1. The van der Waals surface area contributed by atoms with Crippen LogP contribution in [0.3, 0.4) is 0 Å². The number of benzene rings is 1. The molecule has 0 fully saturated rings. The summed E-state index contributed by atoms with van der Waals surface area (Å²) in [4.78, 5) is 26.2. The predicted octanol–water partition coefficient (Wildman–Crippen LogP) is 3.77. The van der Waals surface area contributed by atoms with Gasteiger partial charge in [0, 0.05) is 16.6 Å². The summed E-state index contributed by atoms with van der Waals surface area (Å²) in [6, 6.07) is 9.04. The highest BCUT2D eigenvalue weighted by Gasteiger charge is 2.13. The second kappa shape index (κ2) is 6.10. The van der Waals surface area contributed by atoms with E-state index in [2.05, 4.69) is 42.2 Å². The number of carbonyl (C=O) groups excluding carboxylic acids is 1. The van der Waals surface area contributed by atoms with Gasteiger partial charge in [-0.1, -0.05) is 6.07 Å². The number of aromatic nitrogens is 1. The van der Waals surface area contributed by atoms with Gasteiger partial charge in [0.2, 0.25) is 0 Å². The third-order valence-corrected chi connectivity index (χ3v) is 3.49. The van der Waals surface area contributed by atoms with Crippen LogP contribution in [0.25, 0.3) is 0 Å². The van der Waals surface area contributed by atoms with Crippen LogP contribution in [0.4, 0.5) is 11.4 Å². The third-order valence-electron chi connectivity index (χ3n) is 2.36. The Kier molecular flexibility index (Phi) is 4.46. The van der Waals surface area contributed by atoms with Gasteiger partial charge in [0.05, 0.1) is 10.6 Å². The summed E-state index contributed by atoms with van der Waals surface area (Å²) >= 11 is 6.40. The van der Waals surface area contributed by atoms with Crippen LogP contribution in [0.15, 0.2) is 45.5 Å². The Morgan fingerprint density at radius 2 is 2.00 bits per heavy atom. The molecule has 1 amide bonds. The highest BCUT2D eigenvalue weighted by Crippen LogP contribution is 2.27. The maximum atomic E-state index is 12.0. The first kappa shape index (κ1) is 14.6. The molecular weight excluding hydrogens is 394 g/mol. The van der Waals surface area contributed by atoms with Crippen molar-refractivity contribution < 1.29 is 9.72 Å². The van der Waals surface area contributed by atoms with E-state index in [-0.39, 0.29) is 11.4 Å². The molecule has 2 rings (SSSR count). The summed E-state index contributed by atoms with van der Waals surface area (Å²) < 4.78 is 1.08. The molecule has 0 aliphatic heterocycles. The highest BCUT2D eigenvalue weighted by atomic mass is 79.9.